The van der Waals surface area contributed by atoms with Gasteiger partial charge in [-0.15, -0.1) is 12.4 Å². The summed E-state index contributed by atoms with van der Waals surface area (Å²) in [5.74, 6) is -2.96. The van der Waals surface area contributed by atoms with E-state index in [0.717, 1.165) is 29.7 Å². The Balaban J connectivity index is 0.000000275. The van der Waals surface area contributed by atoms with Crippen LogP contribution in [0, 0.1) is 0 Å². The predicted molar refractivity (Wildman–Crippen MR) is 212 cm³/mol. The molecule has 4 aromatic heterocycles. The number of amides is 1. The first kappa shape index (κ1) is 50.0. The lowest BCUT2D eigenvalue weighted by atomic mass is 10.0. The van der Waals surface area contributed by atoms with E-state index in [1.165, 1.54) is 18.5 Å². The van der Waals surface area contributed by atoms with E-state index in [1.807, 2.05) is 0 Å². The third-order valence-corrected chi connectivity index (χ3v) is 9.83. The summed E-state index contributed by atoms with van der Waals surface area (Å²) in [5.41, 5.74) is 1.52. The smallest absolute Gasteiger partial charge is 0.444 e. The maximum Gasteiger partial charge on any atom is 0.451 e. The molecule has 1 amide bonds. The number of pyridine rings is 2. The van der Waals surface area contributed by atoms with Crippen LogP contribution in [0.2, 0.25) is 10.0 Å². The Bertz CT molecular complexity index is 2200. The molecular weight excluding hydrogens is 903 g/mol. The maximum absolute atomic E-state index is 14.0. The number of alkyl halides is 8. The Hall–Kier alpha value is -4.66. The number of rotatable bonds is 10. The van der Waals surface area contributed by atoms with Crippen LogP contribution in [0.25, 0.3) is 22.3 Å². The van der Waals surface area contributed by atoms with E-state index < -0.39 is 60.1 Å². The Morgan fingerprint density at radius 2 is 1.16 bits per heavy atom. The zero-order valence-electron chi connectivity index (χ0n) is 33.0. The fourth-order valence-corrected chi connectivity index (χ4v) is 6.73. The summed E-state index contributed by atoms with van der Waals surface area (Å²) in [6, 6.07) is 1.68. The average Bonchev–Trinajstić information content (AvgIpc) is 3.81. The van der Waals surface area contributed by atoms with Crippen molar-refractivity contribution in [1.82, 2.24) is 40.1 Å². The van der Waals surface area contributed by atoms with Gasteiger partial charge < -0.3 is 10.1 Å². The summed E-state index contributed by atoms with van der Waals surface area (Å²) < 4.78 is 108. The number of ketones is 2. The van der Waals surface area contributed by atoms with Gasteiger partial charge in [-0.05, 0) is 45.7 Å². The molecule has 23 heteroatoms. The van der Waals surface area contributed by atoms with Gasteiger partial charge in [0.05, 0.1) is 28.7 Å². The van der Waals surface area contributed by atoms with Gasteiger partial charge in [0, 0.05) is 103 Å². The van der Waals surface area contributed by atoms with E-state index in [-0.39, 0.29) is 84.8 Å². The van der Waals surface area contributed by atoms with Gasteiger partial charge in [-0.2, -0.15) is 26.3 Å². The summed E-state index contributed by atoms with van der Waals surface area (Å²) in [7, 11) is 0. The number of nitrogens with zero attached hydrogens (tertiary/aromatic N) is 7. The van der Waals surface area contributed by atoms with E-state index in [9.17, 15) is 49.5 Å². The molecule has 336 valence electrons. The molecule has 62 heavy (non-hydrogen) atoms. The van der Waals surface area contributed by atoms with Crippen molar-refractivity contribution >= 4 is 53.3 Å². The van der Waals surface area contributed by atoms with Crippen molar-refractivity contribution in [3.8, 4) is 22.3 Å². The SMILES string of the molecule is CC(C)(C)OC(=O)N1C[C@H](F)C[C@H]1C(=O)CCc1cc(-c2cnc(C(F)(F)F)nc2)c(Cl)cn1.Cl.O=C(CCc1cc(-c2cnc(C(F)(F)F)nc2)c(Cl)cn1)[C@@H]1C[C@@H](F)CN1. The van der Waals surface area contributed by atoms with E-state index in [2.05, 4.69) is 35.2 Å². The molecule has 0 bridgehead atoms. The average molecular weight is 942 g/mol. The third kappa shape index (κ3) is 13.7. The maximum atomic E-state index is 14.0. The molecular formula is C39H39Cl3F8N8O4. The molecule has 1 N–H and O–H groups in total. The lowest BCUT2D eigenvalue weighted by Crippen LogP contribution is -2.43. The second kappa shape index (κ2) is 20.7. The molecule has 0 saturated carbocycles. The molecule has 12 nitrogen and oxygen atoms in total. The summed E-state index contributed by atoms with van der Waals surface area (Å²) >= 11 is 12.2. The van der Waals surface area contributed by atoms with E-state index in [4.69, 9.17) is 27.9 Å². The monoisotopic (exact) mass is 940 g/mol. The van der Waals surface area contributed by atoms with E-state index in [0.29, 0.717) is 34.5 Å². The van der Waals surface area contributed by atoms with Crippen molar-refractivity contribution in [1.29, 1.82) is 0 Å². The van der Waals surface area contributed by atoms with Crippen LogP contribution in [-0.2, 0) is 39.5 Å². The molecule has 6 rings (SSSR count). The normalized spacial score (nSPS) is 19.0. The second-order valence-electron chi connectivity index (χ2n) is 15.1. The standard InChI is InChI=1S/C22H23ClF4N4O3.C17H15ClF4N4O.ClH/c1-21(2,3)34-20(33)31-11-13(24)6-17(31)18(32)5-4-14-7-15(16(23)10-28-14)12-8-29-19(30-9-12)22(25,26)27;18-13-8-23-11(1-2-15(27)14-3-10(19)7-24-14)4-12(13)9-5-25-16(26-6-9)17(20,21)22;/h7-10,13,17H,4-6,11H2,1-3H3;4-6,8,10,14,24H,1-3,7H2;1H/t13-,17+;10-,14+;/m11./s1. The van der Waals surface area contributed by atoms with Crippen LogP contribution in [0.3, 0.4) is 0 Å². The molecule has 0 unspecified atom stereocenters. The number of Topliss-reactive ketones (excluding diaryl/α,β-unsaturated/α-hetero) is 2. The predicted octanol–water partition coefficient (Wildman–Crippen LogP) is 8.89. The number of aryl methyl sites for hydroxylation is 2. The highest BCUT2D eigenvalue weighted by atomic mass is 35.5. The molecule has 0 aliphatic carbocycles. The molecule has 2 aliphatic heterocycles. The molecule has 6 heterocycles. The second-order valence-corrected chi connectivity index (χ2v) is 15.9. The number of halogens is 11. The third-order valence-electron chi connectivity index (χ3n) is 9.23. The number of carbonyl (C=O) groups excluding carboxylic acids is 3. The Labute approximate surface area is 366 Å². The van der Waals surface area contributed by atoms with Crippen molar-refractivity contribution < 1.29 is 54.2 Å². The van der Waals surface area contributed by atoms with E-state index in [1.54, 1.807) is 26.8 Å². The quantitative estimate of drug-likeness (QED) is 0.152. The first-order valence-corrected chi connectivity index (χ1v) is 19.4. The van der Waals surface area contributed by atoms with Crippen LogP contribution in [0.1, 0.15) is 69.5 Å². The van der Waals surface area contributed by atoms with Crippen LogP contribution in [0.4, 0.5) is 39.9 Å². The summed E-state index contributed by atoms with van der Waals surface area (Å²) in [6.45, 7) is 4.99. The number of aromatic nitrogens is 6. The van der Waals surface area contributed by atoms with Gasteiger partial charge in [-0.3, -0.25) is 24.5 Å². The minimum Gasteiger partial charge on any atom is -0.444 e. The number of carbonyl (C=O) groups is 3. The minimum atomic E-state index is -4.67. The number of ether oxygens (including phenoxy) is 1. The van der Waals surface area contributed by atoms with Gasteiger partial charge in [0.15, 0.2) is 5.78 Å². The molecule has 0 radical (unpaired) electrons. The van der Waals surface area contributed by atoms with Gasteiger partial charge in [-0.25, -0.2) is 33.5 Å². The number of nitrogens with one attached hydrogen (secondary N) is 1. The van der Waals surface area contributed by atoms with Crippen molar-refractivity contribution in [2.24, 2.45) is 0 Å². The lowest BCUT2D eigenvalue weighted by Gasteiger charge is -2.27. The molecule has 4 atom stereocenters. The molecule has 2 saturated heterocycles. The molecule has 2 fully saturated rings. The fourth-order valence-electron chi connectivity index (χ4n) is 6.30. The van der Waals surface area contributed by atoms with Gasteiger partial charge >= 0.3 is 18.4 Å². The van der Waals surface area contributed by atoms with Crippen LogP contribution >= 0.6 is 35.6 Å². The topological polar surface area (TPSA) is 153 Å². The largest absolute Gasteiger partial charge is 0.451 e. The minimum absolute atomic E-state index is 0. The first-order valence-electron chi connectivity index (χ1n) is 18.6. The van der Waals surface area contributed by atoms with Crippen molar-refractivity contribution in [3.63, 3.8) is 0 Å². The van der Waals surface area contributed by atoms with Crippen molar-refractivity contribution in [3.05, 3.63) is 82.4 Å². The highest BCUT2D eigenvalue weighted by Crippen LogP contribution is 2.33. The molecule has 2 aliphatic rings. The van der Waals surface area contributed by atoms with Crippen LogP contribution in [0.15, 0.2) is 49.3 Å². The van der Waals surface area contributed by atoms with Crippen LogP contribution < -0.4 is 5.32 Å². The molecule has 0 aromatic carbocycles. The summed E-state index contributed by atoms with van der Waals surface area (Å²) in [5, 5.41) is 3.23. The first-order chi connectivity index (χ1) is 28.5. The Morgan fingerprint density at radius 3 is 1.56 bits per heavy atom. The van der Waals surface area contributed by atoms with Gasteiger partial charge in [0.25, 0.3) is 0 Å². The van der Waals surface area contributed by atoms with Crippen molar-refractivity contribution in [2.75, 3.05) is 13.1 Å². The van der Waals surface area contributed by atoms with Crippen LogP contribution in [-0.4, -0.2) is 95.6 Å². The molecule has 0 spiro atoms. The van der Waals surface area contributed by atoms with E-state index >= 15 is 0 Å². The van der Waals surface area contributed by atoms with Gasteiger partial charge in [0.1, 0.15) is 23.7 Å². The highest BCUT2D eigenvalue weighted by molar-refractivity contribution is 6.33. The fraction of sp³-hybridized carbons (Fsp3) is 0.462. The Kier molecular flexibility index (Phi) is 16.7. The summed E-state index contributed by atoms with van der Waals surface area (Å²) in [4.78, 5) is 60.0. The zero-order chi connectivity index (χ0) is 44.9. The van der Waals surface area contributed by atoms with Gasteiger partial charge in [-0.1, -0.05) is 23.2 Å². The lowest BCUT2D eigenvalue weighted by molar-refractivity contribution is -0.145. The Morgan fingerprint density at radius 1 is 0.710 bits per heavy atom. The van der Waals surface area contributed by atoms with Crippen LogP contribution in [0.5, 0.6) is 0 Å². The molecule has 4 aromatic rings. The van der Waals surface area contributed by atoms with Crippen molar-refractivity contribution in [2.45, 2.75) is 102 Å². The zero-order valence-corrected chi connectivity index (χ0v) is 35.4. The number of hydrogen-bond donors (Lipinski definition) is 1. The highest BCUT2D eigenvalue weighted by Gasteiger charge is 2.41. The number of hydrogen-bond acceptors (Lipinski definition) is 11. The number of likely N-dealkylation sites (tertiary alicyclic amines) is 1. The van der Waals surface area contributed by atoms with Gasteiger partial charge in [0.2, 0.25) is 11.6 Å². The summed E-state index contributed by atoms with van der Waals surface area (Å²) in [6.07, 6.45) is -4.98.